The van der Waals surface area contributed by atoms with Gasteiger partial charge in [-0.3, -0.25) is 4.79 Å². The Balaban J connectivity index is 1.83. The maximum Gasteiger partial charge on any atom is 0.233 e. The van der Waals surface area contributed by atoms with Crippen molar-refractivity contribution in [3.05, 3.63) is 0 Å². The zero-order chi connectivity index (χ0) is 13.0. The molecule has 2 rings (SSSR count). The van der Waals surface area contributed by atoms with Crippen LogP contribution in [0.1, 0.15) is 19.8 Å². The molecule has 1 heterocycles. The lowest BCUT2D eigenvalue weighted by molar-refractivity contribution is -0.119. The fraction of sp³-hybridized carbons (Fsp3) is 0.800. The molecule has 1 aliphatic rings. The summed E-state index contributed by atoms with van der Waals surface area (Å²) in [6, 6.07) is 0.683. The molecule has 0 radical (unpaired) electrons. The molecule has 2 N–H and O–H groups in total. The molecular weight excluding hydrogens is 252 g/mol. The molecule has 1 aliphatic carbocycles. The number of nitrogens with zero attached hydrogens (tertiary/aromatic N) is 4. The van der Waals surface area contributed by atoms with Crippen LogP contribution in [-0.2, 0) is 11.3 Å². The first-order valence-corrected chi connectivity index (χ1v) is 6.96. The molecule has 7 nitrogen and oxygen atoms in total. The summed E-state index contributed by atoms with van der Waals surface area (Å²) in [5, 5.41) is 18.0. The summed E-state index contributed by atoms with van der Waals surface area (Å²) in [6.45, 7) is 3.43. The van der Waals surface area contributed by atoms with Gasteiger partial charge in [-0.1, -0.05) is 11.8 Å². The third-order valence-corrected chi connectivity index (χ3v) is 3.80. The highest BCUT2D eigenvalue weighted by atomic mass is 32.2. The highest BCUT2D eigenvalue weighted by Gasteiger charge is 2.21. The standard InChI is InChI=1S/C10H18N6OS/c1-7(9(17)11-2)18-10-13-14-15-16(10)6-5-12-8-3-4-8/h7-8,12H,3-6H2,1-2H3,(H,11,17). The monoisotopic (exact) mass is 270 g/mol. The summed E-state index contributed by atoms with van der Waals surface area (Å²) in [6.07, 6.45) is 2.54. The number of carbonyl (C=O) groups excluding carboxylic acids is 1. The maximum absolute atomic E-state index is 11.4. The minimum atomic E-state index is -0.198. The van der Waals surface area contributed by atoms with E-state index in [4.69, 9.17) is 0 Å². The number of tetrazole rings is 1. The van der Waals surface area contributed by atoms with Gasteiger partial charge < -0.3 is 10.6 Å². The Morgan fingerprint density at radius 3 is 3.06 bits per heavy atom. The number of hydrogen-bond acceptors (Lipinski definition) is 6. The van der Waals surface area contributed by atoms with E-state index in [-0.39, 0.29) is 11.2 Å². The van der Waals surface area contributed by atoms with Gasteiger partial charge in [0.1, 0.15) is 0 Å². The van der Waals surface area contributed by atoms with Gasteiger partial charge in [0, 0.05) is 19.6 Å². The number of rotatable bonds is 7. The van der Waals surface area contributed by atoms with Crippen molar-refractivity contribution < 1.29 is 4.79 Å². The molecule has 1 atom stereocenters. The quantitative estimate of drug-likeness (QED) is 0.659. The number of amides is 1. The van der Waals surface area contributed by atoms with Crippen LogP contribution in [0.25, 0.3) is 0 Å². The van der Waals surface area contributed by atoms with E-state index in [1.165, 1.54) is 24.6 Å². The van der Waals surface area contributed by atoms with Crippen LogP contribution in [0.15, 0.2) is 5.16 Å². The molecule has 1 fully saturated rings. The second-order valence-electron chi connectivity index (χ2n) is 4.29. The SMILES string of the molecule is CNC(=O)C(C)Sc1nnnn1CCNC1CC1. The summed E-state index contributed by atoms with van der Waals surface area (Å²) in [7, 11) is 1.63. The van der Waals surface area contributed by atoms with Gasteiger partial charge in [-0.25, -0.2) is 4.68 Å². The van der Waals surface area contributed by atoms with Gasteiger partial charge in [0.2, 0.25) is 11.1 Å². The zero-order valence-electron chi connectivity index (χ0n) is 10.6. The molecule has 0 aliphatic heterocycles. The van der Waals surface area contributed by atoms with Crippen LogP contribution in [-0.4, -0.2) is 51.0 Å². The molecule has 18 heavy (non-hydrogen) atoms. The first kappa shape index (κ1) is 13.3. The lowest BCUT2D eigenvalue weighted by Gasteiger charge is -2.09. The van der Waals surface area contributed by atoms with E-state index in [2.05, 4.69) is 26.2 Å². The van der Waals surface area contributed by atoms with E-state index in [1.807, 2.05) is 6.92 Å². The normalized spacial score (nSPS) is 16.6. The minimum Gasteiger partial charge on any atom is -0.358 e. The Hall–Kier alpha value is -1.15. The van der Waals surface area contributed by atoms with Crippen molar-refractivity contribution in [1.29, 1.82) is 0 Å². The fourth-order valence-electron chi connectivity index (χ4n) is 1.50. The minimum absolute atomic E-state index is 0.0225. The first-order chi connectivity index (χ1) is 8.70. The van der Waals surface area contributed by atoms with Gasteiger partial charge in [0.05, 0.1) is 11.8 Å². The van der Waals surface area contributed by atoms with Crippen LogP contribution in [0.2, 0.25) is 0 Å². The largest absolute Gasteiger partial charge is 0.358 e. The van der Waals surface area contributed by atoms with Gasteiger partial charge >= 0.3 is 0 Å². The van der Waals surface area contributed by atoms with Crippen LogP contribution in [0.4, 0.5) is 0 Å². The smallest absolute Gasteiger partial charge is 0.233 e. The van der Waals surface area contributed by atoms with Gasteiger partial charge in [-0.05, 0) is 30.2 Å². The predicted octanol–water partition coefficient (Wildman–Crippen LogP) is -0.348. The number of nitrogens with one attached hydrogen (secondary N) is 2. The van der Waals surface area contributed by atoms with Crippen molar-refractivity contribution in [3.63, 3.8) is 0 Å². The van der Waals surface area contributed by atoms with E-state index in [0.29, 0.717) is 11.2 Å². The van der Waals surface area contributed by atoms with Crippen LogP contribution >= 0.6 is 11.8 Å². The second-order valence-corrected chi connectivity index (χ2v) is 5.60. The van der Waals surface area contributed by atoms with Gasteiger partial charge in [0.25, 0.3) is 0 Å². The Labute approximate surface area is 110 Å². The molecule has 1 aromatic rings. The zero-order valence-corrected chi connectivity index (χ0v) is 11.4. The number of aromatic nitrogens is 4. The van der Waals surface area contributed by atoms with Crippen LogP contribution < -0.4 is 10.6 Å². The van der Waals surface area contributed by atoms with Crippen LogP contribution in [0.5, 0.6) is 0 Å². The van der Waals surface area contributed by atoms with Crippen LogP contribution in [0, 0.1) is 0 Å². The predicted molar refractivity (Wildman–Crippen MR) is 68.2 cm³/mol. The molecule has 0 aromatic carbocycles. The highest BCUT2D eigenvalue weighted by molar-refractivity contribution is 8.00. The first-order valence-electron chi connectivity index (χ1n) is 6.08. The summed E-state index contributed by atoms with van der Waals surface area (Å²) in [5.74, 6) is -0.0225. The number of carbonyl (C=O) groups is 1. The second kappa shape index (κ2) is 6.14. The molecule has 8 heteroatoms. The molecule has 1 saturated carbocycles. The number of thioether (sulfide) groups is 1. The molecule has 1 aromatic heterocycles. The topological polar surface area (TPSA) is 84.7 Å². The van der Waals surface area contributed by atoms with Gasteiger partial charge in [0.15, 0.2) is 0 Å². The van der Waals surface area contributed by atoms with Gasteiger partial charge in [-0.15, -0.1) is 5.10 Å². The molecular formula is C10H18N6OS. The van der Waals surface area contributed by atoms with E-state index in [1.54, 1.807) is 11.7 Å². The molecule has 0 spiro atoms. The van der Waals surface area contributed by atoms with Crippen molar-refractivity contribution in [2.75, 3.05) is 13.6 Å². The van der Waals surface area contributed by atoms with E-state index >= 15 is 0 Å². The van der Waals surface area contributed by atoms with E-state index < -0.39 is 0 Å². The summed E-state index contributed by atoms with van der Waals surface area (Å²) in [4.78, 5) is 11.4. The summed E-state index contributed by atoms with van der Waals surface area (Å²) >= 11 is 1.37. The Morgan fingerprint density at radius 1 is 1.61 bits per heavy atom. The maximum atomic E-state index is 11.4. The summed E-state index contributed by atoms with van der Waals surface area (Å²) in [5.41, 5.74) is 0. The van der Waals surface area contributed by atoms with Crippen molar-refractivity contribution in [3.8, 4) is 0 Å². The highest BCUT2D eigenvalue weighted by Crippen LogP contribution is 2.20. The Morgan fingerprint density at radius 2 is 2.39 bits per heavy atom. The fourth-order valence-corrected chi connectivity index (χ4v) is 2.37. The average molecular weight is 270 g/mol. The van der Waals surface area contributed by atoms with Gasteiger partial charge in [-0.2, -0.15) is 0 Å². The van der Waals surface area contributed by atoms with Crippen LogP contribution in [0.3, 0.4) is 0 Å². The molecule has 1 amide bonds. The third-order valence-electron chi connectivity index (χ3n) is 2.73. The third kappa shape index (κ3) is 3.67. The number of hydrogen-bond donors (Lipinski definition) is 2. The van der Waals surface area contributed by atoms with E-state index in [0.717, 1.165) is 13.1 Å². The summed E-state index contributed by atoms with van der Waals surface area (Å²) < 4.78 is 1.74. The van der Waals surface area contributed by atoms with Crippen molar-refractivity contribution in [1.82, 2.24) is 30.8 Å². The van der Waals surface area contributed by atoms with Crippen molar-refractivity contribution in [2.24, 2.45) is 0 Å². The van der Waals surface area contributed by atoms with Crippen molar-refractivity contribution >= 4 is 17.7 Å². The molecule has 100 valence electrons. The lowest BCUT2D eigenvalue weighted by Crippen LogP contribution is -2.28. The molecule has 0 saturated heterocycles. The van der Waals surface area contributed by atoms with Crippen molar-refractivity contribution in [2.45, 2.75) is 42.8 Å². The Bertz CT molecular complexity index is 405. The molecule has 1 unspecified atom stereocenters. The molecule has 0 bridgehead atoms. The van der Waals surface area contributed by atoms with E-state index in [9.17, 15) is 4.79 Å². The Kier molecular flexibility index (Phi) is 4.54. The lowest BCUT2D eigenvalue weighted by atomic mass is 10.4. The average Bonchev–Trinajstić information content (AvgIpc) is 3.09.